The Hall–Kier alpha value is -0.980. The molecule has 3 N–H and O–H groups in total. The Bertz CT molecular complexity index is 461. The highest BCUT2D eigenvalue weighted by Crippen LogP contribution is 2.21. The van der Waals surface area contributed by atoms with Crippen LogP contribution in [0.1, 0.15) is 11.6 Å². The lowest BCUT2D eigenvalue weighted by atomic mass is 10.0. The Morgan fingerprint density at radius 2 is 2.00 bits per heavy atom. The fourth-order valence-electron chi connectivity index (χ4n) is 1.46. The van der Waals surface area contributed by atoms with Crippen molar-refractivity contribution in [3.05, 3.63) is 35.6 Å². The molecule has 0 saturated heterocycles. The molecule has 0 saturated carbocycles. The Balaban J connectivity index is 3.10. The van der Waals surface area contributed by atoms with Crippen molar-refractivity contribution in [2.24, 2.45) is 5.73 Å². The number of hydrogen-bond donors (Lipinski definition) is 2. The minimum atomic E-state index is -3.52. The standard InChI is InChI=1S/C10H14FNO3S/c1-16(14,15)9(6-13)10(12)7-4-2-3-5-8(7)11/h2-5,9-10,13H,6,12H2,1H3/t9-,10-/m1/s1. The second-order valence-corrected chi connectivity index (χ2v) is 5.86. The number of halogens is 1. The molecular formula is C10H14FNO3S. The quantitative estimate of drug-likeness (QED) is 0.798. The van der Waals surface area contributed by atoms with E-state index in [1.54, 1.807) is 6.07 Å². The molecule has 6 heteroatoms. The van der Waals surface area contributed by atoms with Crippen LogP contribution in [0.25, 0.3) is 0 Å². The van der Waals surface area contributed by atoms with Gasteiger partial charge in [-0.15, -0.1) is 0 Å². The lowest BCUT2D eigenvalue weighted by Crippen LogP contribution is -2.36. The van der Waals surface area contributed by atoms with Gasteiger partial charge in [0.2, 0.25) is 0 Å². The lowest BCUT2D eigenvalue weighted by molar-refractivity contribution is 0.277. The molecule has 2 atom stereocenters. The van der Waals surface area contributed by atoms with Gasteiger partial charge in [0.1, 0.15) is 11.1 Å². The van der Waals surface area contributed by atoms with Gasteiger partial charge in [0.15, 0.2) is 9.84 Å². The van der Waals surface area contributed by atoms with Crippen molar-refractivity contribution in [1.29, 1.82) is 0 Å². The molecule has 0 fully saturated rings. The van der Waals surface area contributed by atoms with Gasteiger partial charge in [0.05, 0.1) is 12.6 Å². The molecule has 0 aliphatic heterocycles. The minimum Gasteiger partial charge on any atom is -0.395 e. The SMILES string of the molecule is CS(=O)(=O)[C@H](CO)[C@H](N)c1ccccc1F. The zero-order chi connectivity index (χ0) is 12.3. The molecule has 90 valence electrons. The Labute approximate surface area is 93.8 Å². The van der Waals surface area contributed by atoms with Crippen molar-refractivity contribution >= 4 is 9.84 Å². The molecule has 0 aliphatic carbocycles. The van der Waals surface area contributed by atoms with E-state index in [4.69, 9.17) is 10.8 Å². The van der Waals surface area contributed by atoms with E-state index in [1.807, 2.05) is 0 Å². The molecular weight excluding hydrogens is 233 g/mol. The summed E-state index contributed by atoms with van der Waals surface area (Å²) in [5.74, 6) is -0.572. The van der Waals surface area contributed by atoms with E-state index < -0.39 is 33.6 Å². The summed E-state index contributed by atoms with van der Waals surface area (Å²) in [5.41, 5.74) is 5.75. The van der Waals surface area contributed by atoms with Gasteiger partial charge in [-0.1, -0.05) is 18.2 Å². The van der Waals surface area contributed by atoms with E-state index in [9.17, 15) is 12.8 Å². The normalized spacial score (nSPS) is 15.8. The van der Waals surface area contributed by atoms with Crippen LogP contribution in [-0.4, -0.2) is 31.6 Å². The summed E-state index contributed by atoms with van der Waals surface area (Å²) < 4.78 is 36.0. The number of hydrogen-bond acceptors (Lipinski definition) is 4. The van der Waals surface area contributed by atoms with Crippen molar-refractivity contribution < 1.29 is 17.9 Å². The molecule has 1 rings (SSSR count). The number of rotatable bonds is 4. The zero-order valence-electron chi connectivity index (χ0n) is 8.80. The highest BCUT2D eigenvalue weighted by atomic mass is 32.2. The van der Waals surface area contributed by atoms with Gasteiger partial charge in [-0.2, -0.15) is 0 Å². The van der Waals surface area contributed by atoms with E-state index in [2.05, 4.69) is 0 Å². The van der Waals surface area contributed by atoms with E-state index in [-0.39, 0.29) is 5.56 Å². The molecule has 0 unspecified atom stereocenters. The predicted octanol–water partition coefficient (Wildman–Crippen LogP) is 0.231. The Morgan fingerprint density at radius 1 is 1.44 bits per heavy atom. The zero-order valence-corrected chi connectivity index (χ0v) is 9.61. The van der Waals surface area contributed by atoms with E-state index in [0.717, 1.165) is 6.26 Å². The predicted molar refractivity (Wildman–Crippen MR) is 59.0 cm³/mol. The van der Waals surface area contributed by atoms with E-state index >= 15 is 0 Å². The van der Waals surface area contributed by atoms with E-state index in [1.165, 1.54) is 18.2 Å². The smallest absolute Gasteiger partial charge is 0.154 e. The second kappa shape index (κ2) is 4.90. The van der Waals surface area contributed by atoms with Crippen LogP contribution in [0, 0.1) is 5.82 Å². The third kappa shape index (κ3) is 2.78. The van der Waals surface area contributed by atoms with Crippen molar-refractivity contribution in [3.8, 4) is 0 Å². The highest BCUT2D eigenvalue weighted by molar-refractivity contribution is 7.91. The third-order valence-electron chi connectivity index (χ3n) is 2.39. The topological polar surface area (TPSA) is 80.4 Å². The van der Waals surface area contributed by atoms with Crippen molar-refractivity contribution in [3.63, 3.8) is 0 Å². The van der Waals surface area contributed by atoms with Crippen LogP contribution in [0.3, 0.4) is 0 Å². The number of benzene rings is 1. The molecule has 0 aliphatic rings. The van der Waals surface area contributed by atoms with Crippen LogP contribution in [0.15, 0.2) is 24.3 Å². The monoisotopic (exact) mass is 247 g/mol. The third-order valence-corrected chi connectivity index (χ3v) is 3.94. The molecule has 0 heterocycles. The summed E-state index contributed by atoms with van der Waals surface area (Å²) in [6, 6.07) is 4.59. The van der Waals surface area contributed by atoms with E-state index in [0.29, 0.717) is 0 Å². The second-order valence-electron chi connectivity index (χ2n) is 3.60. The van der Waals surface area contributed by atoms with Gasteiger partial charge in [-0.25, -0.2) is 12.8 Å². The van der Waals surface area contributed by atoms with Crippen LogP contribution in [0.5, 0.6) is 0 Å². The van der Waals surface area contributed by atoms with Crippen LogP contribution >= 0.6 is 0 Å². The average Bonchev–Trinajstić information content (AvgIpc) is 2.17. The van der Waals surface area contributed by atoms with Gasteiger partial charge in [0.25, 0.3) is 0 Å². The Kier molecular flexibility index (Phi) is 4.01. The summed E-state index contributed by atoms with van der Waals surface area (Å²) in [5, 5.41) is 7.81. The summed E-state index contributed by atoms with van der Waals surface area (Å²) in [6.07, 6.45) is 0.967. The average molecular weight is 247 g/mol. The maximum absolute atomic E-state index is 13.4. The first-order valence-corrected chi connectivity index (χ1v) is 6.63. The number of aliphatic hydroxyl groups is 1. The molecule has 1 aromatic rings. The molecule has 0 aromatic heterocycles. The summed E-state index contributed by atoms with van der Waals surface area (Å²) in [4.78, 5) is 0. The summed E-state index contributed by atoms with van der Waals surface area (Å²) >= 11 is 0. The largest absolute Gasteiger partial charge is 0.395 e. The number of nitrogens with two attached hydrogens (primary N) is 1. The van der Waals surface area contributed by atoms with Crippen molar-refractivity contribution in [2.45, 2.75) is 11.3 Å². The first-order valence-electron chi connectivity index (χ1n) is 4.67. The Morgan fingerprint density at radius 3 is 2.44 bits per heavy atom. The fraction of sp³-hybridized carbons (Fsp3) is 0.400. The maximum Gasteiger partial charge on any atom is 0.154 e. The van der Waals surface area contributed by atoms with Gasteiger partial charge in [-0.05, 0) is 6.07 Å². The first kappa shape index (κ1) is 13.1. The highest BCUT2D eigenvalue weighted by Gasteiger charge is 2.29. The molecule has 0 radical (unpaired) electrons. The van der Waals surface area contributed by atoms with Gasteiger partial charge in [0, 0.05) is 11.8 Å². The molecule has 0 spiro atoms. The number of sulfone groups is 1. The maximum atomic E-state index is 13.4. The lowest BCUT2D eigenvalue weighted by Gasteiger charge is -2.20. The summed E-state index contributed by atoms with van der Waals surface area (Å²) in [7, 11) is -3.52. The first-order chi connectivity index (χ1) is 7.38. The van der Waals surface area contributed by atoms with Crippen LogP contribution in [0.2, 0.25) is 0 Å². The molecule has 0 amide bonds. The van der Waals surface area contributed by atoms with Gasteiger partial charge < -0.3 is 10.8 Å². The van der Waals surface area contributed by atoms with Gasteiger partial charge >= 0.3 is 0 Å². The molecule has 16 heavy (non-hydrogen) atoms. The number of aliphatic hydroxyl groups excluding tert-OH is 1. The van der Waals surface area contributed by atoms with Crippen LogP contribution < -0.4 is 5.73 Å². The van der Waals surface area contributed by atoms with Crippen molar-refractivity contribution in [1.82, 2.24) is 0 Å². The van der Waals surface area contributed by atoms with Gasteiger partial charge in [-0.3, -0.25) is 0 Å². The van der Waals surface area contributed by atoms with Crippen molar-refractivity contribution in [2.75, 3.05) is 12.9 Å². The molecule has 1 aromatic carbocycles. The summed E-state index contributed by atoms with van der Waals surface area (Å²) in [6.45, 7) is -0.631. The van der Waals surface area contributed by atoms with Crippen LogP contribution in [0.4, 0.5) is 4.39 Å². The molecule has 0 bridgehead atoms. The van der Waals surface area contributed by atoms with Crippen LogP contribution in [-0.2, 0) is 9.84 Å². The molecule has 4 nitrogen and oxygen atoms in total. The minimum absolute atomic E-state index is 0.0898. The fourth-order valence-corrected chi connectivity index (χ4v) is 2.41.